The van der Waals surface area contributed by atoms with Crippen molar-refractivity contribution < 1.29 is 14.3 Å². The van der Waals surface area contributed by atoms with Crippen LogP contribution in [-0.4, -0.2) is 18.0 Å². The van der Waals surface area contributed by atoms with Crippen LogP contribution in [0.25, 0.3) is 0 Å². The van der Waals surface area contributed by atoms with Crippen molar-refractivity contribution in [1.29, 1.82) is 0 Å². The fourth-order valence-electron chi connectivity index (χ4n) is 1.72. The molecule has 0 spiro atoms. The average Bonchev–Trinajstić information content (AvgIpc) is 2.53. The second-order valence-electron chi connectivity index (χ2n) is 4.79. The van der Waals surface area contributed by atoms with E-state index in [4.69, 9.17) is 39.5 Å². The van der Waals surface area contributed by atoms with E-state index in [0.717, 1.165) is 3.57 Å². The number of hydrogen-bond donors (Lipinski definition) is 1. The number of benzene rings is 2. The van der Waals surface area contributed by atoms with Crippen molar-refractivity contribution in [3.63, 3.8) is 0 Å². The van der Waals surface area contributed by atoms with Crippen LogP contribution in [0.15, 0.2) is 36.4 Å². The van der Waals surface area contributed by atoms with E-state index in [1.807, 2.05) is 0 Å². The summed E-state index contributed by atoms with van der Waals surface area (Å²) >= 11 is 19.9. The van der Waals surface area contributed by atoms with Crippen molar-refractivity contribution >= 4 is 75.0 Å². The van der Waals surface area contributed by atoms with Crippen LogP contribution in [0, 0.1) is 3.57 Å². The van der Waals surface area contributed by atoms with Crippen molar-refractivity contribution in [3.8, 4) is 0 Å². The van der Waals surface area contributed by atoms with Gasteiger partial charge in [0.25, 0.3) is 5.91 Å². The third-order valence-electron chi connectivity index (χ3n) is 3.00. The molecule has 0 aromatic heterocycles. The molecule has 0 aliphatic heterocycles. The Kier molecular flexibility index (Phi) is 6.74. The zero-order valence-electron chi connectivity index (χ0n) is 12.3. The molecule has 0 saturated carbocycles. The monoisotopic (exact) mass is 497 g/mol. The molecule has 0 heterocycles. The van der Waals surface area contributed by atoms with E-state index in [0.29, 0.717) is 5.56 Å². The Morgan fingerprint density at radius 2 is 1.62 bits per heavy atom. The standard InChI is InChI=1S/C16H11Cl3INO3/c1-8(24-16(23)9-2-4-10(20)5-3-9)15(22)21-14-7-12(18)11(17)6-13(14)19/h2-8H,1H3,(H,21,22)/t8-/m1/s1. The molecule has 126 valence electrons. The first kappa shape index (κ1) is 19.3. The number of carbonyl (C=O) groups is 2. The van der Waals surface area contributed by atoms with Crippen LogP contribution in [0.1, 0.15) is 17.3 Å². The van der Waals surface area contributed by atoms with E-state index in [9.17, 15) is 9.59 Å². The lowest BCUT2D eigenvalue weighted by Crippen LogP contribution is -2.30. The van der Waals surface area contributed by atoms with Gasteiger partial charge in [0.15, 0.2) is 6.10 Å². The molecule has 0 aliphatic rings. The Hall–Kier alpha value is -1.02. The second-order valence-corrected chi connectivity index (χ2v) is 7.26. The van der Waals surface area contributed by atoms with Crippen LogP contribution in [0.3, 0.4) is 0 Å². The molecule has 8 heteroatoms. The van der Waals surface area contributed by atoms with Crippen LogP contribution in [0.5, 0.6) is 0 Å². The van der Waals surface area contributed by atoms with E-state index < -0.39 is 18.0 Å². The zero-order valence-corrected chi connectivity index (χ0v) is 16.7. The number of halogens is 4. The fourth-order valence-corrected chi connectivity index (χ4v) is 2.67. The summed E-state index contributed by atoms with van der Waals surface area (Å²) in [6.45, 7) is 1.46. The summed E-state index contributed by atoms with van der Waals surface area (Å²) in [4.78, 5) is 24.2. The molecule has 1 amide bonds. The summed E-state index contributed by atoms with van der Waals surface area (Å²) in [6, 6.07) is 9.66. The van der Waals surface area contributed by atoms with Crippen molar-refractivity contribution in [1.82, 2.24) is 0 Å². The maximum absolute atomic E-state index is 12.2. The van der Waals surface area contributed by atoms with Gasteiger partial charge in [0.1, 0.15) is 0 Å². The highest BCUT2D eigenvalue weighted by Crippen LogP contribution is 2.32. The molecule has 4 nitrogen and oxygen atoms in total. The quantitative estimate of drug-likeness (QED) is 0.347. The molecule has 1 atom stereocenters. The Morgan fingerprint density at radius 1 is 1.04 bits per heavy atom. The van der Waals surface area contributed by atoms with Crippen molar-refractivity contribution in [2.75, 3.05) is 5.32 Å². The number of esters is 1. The number of anilines is 1. The van der Waals surface area contributed by atoms with E-state index in [-0.39, 0.29) is 20.8 Å². The Bertz CT molecular complexity index is 781. The maximum Gasteiger partial charge on any atom is 0.338 e. The lowest BCUT2D eigenvalue weighted by Gasteiger charge is -2.14. The molecular weight excluding hydrogens is 487 g/mol. The number of amides is 1. The lowest BCUT2D eigenvalue weighted by atomic mass is 10.2. The highest BCUT2D eigenvalue weighted by molar-refractivity contribution is 14.1. The van der Waals surface area contributed by atoms with Crippen LogP contribution < -0.4 is 5.32 Å². The molecule has 0 radical (unpaired) electrons. The third-order valence-corrected chi connectivity index (χ3v) is 4.75. The third kappa shape index (κ3) is 4.99. The Labute approximate surface area is 167 Å². The highest BCUT2D eigenvalue weighted by Gasteiger charge is 2.20. The minimum Gasteiger partial charge on any atom is -0.449 e. The van der Waals surface area contributed by atoms with Crippen LogP contribution in [0.4, 0.5) is 5.69 Å². The van der Waals surface area contributed by atoms with Crippen LogP contribution in [-0.2, 0) is 9.53 Å². The van der Waals surface area contributed by atoms with Gasteiger partial charge in [0, 0.05) is 3.57 Å². The summed E-state index contributed by atoms with van der Waals surface area (Å²) in [6.07, 6.45) is -1.01. The van der Waals surface area contributed by atoms with Gasteiger partial charge >= 0.3 is 5.97 Å². The molecule has 0 unspecified atom stereocenters. The molecule has 0 saturated heterocycles. The Morgan fingerprint density at radius 3 is 2.25 bits per heavy atom. The summed E-state index contributed by atoms with van der Waals surface area (Å²) in [5.41, 5.74) is 0.649. The van der Waals surface area contributed by atoms with E-state index in [1.165, 1.54) is 19.1 Å². The minimum absolute atomic E-state index is 0.230. The summed E-state index contributed by atoms with van der Waals surface area (Å²) in [5, 5.41) is 3.31. The number of rotatable bonds is 4. The average molecular weight is 499 g/mol. The molecule has 2 aromatic carbocycles. The predicted octanol–water partition coefficient (Wildman–Crippen LogP) is 5.44. The number of hydrogen-bond acceptors (Lipinski definition) is 3. The van der Waals surface area contributed by atoms with E-state index in [2.05, 4.69) is 27.9 Å². The number of nitrogens with one attached hydrogen (secondary N) is 1. The topological polar surface area (TPSA) is 55.4 Å². The maximum atomic E-state index is 12.2. The van der Waals surface area contributed by atoms with Gasteiger partial charge in [0.05, 0.1) is 26.3 Å². The van der Waals surface area contributed by atoms with Gasteiger partial charge in [-0.3, -0.25) is 4.79 Å². The molecular formula is C16H11Cl3INO3. The van der Waals surface area contributed by atoms with Gasteiger partial charge in [-0.15, -0.1) is 0 Å². The van der Waals surface area contributed by atoms with Gasteiger partial charge < -0.3 is 10.1 Å². The molecule has 0 fully saturated rings. The summed E-state index contributed by atoms with van der Waals surface area (Å²) < 4.78 is 6.14. The van der Waals surface area contributed by atoms with Crippen molar-refractivity contribution in [3.05, 3.63) is 60.6 Å². The molecule has 1 N–H and O–H groups in total. The largest absolute Gasteiger partial charge is 0.449 e. The van der Waals surface area contributed by atoms with Gasteiger partial charge in [0.2, 0.25) is 0 Å². The van der Waals surface area contributed by atoms with E-state index in [1.54, 1.807) is 24.3 Å². The van der Waals surface area contributed by atoms with Gasteiger partial charge in [-0.25, -0.2) is 4.79 Å². The first-order valence-electron chi connectivity index (χ1n) is 6.70. The molecule has 2 rings (SSSR count). The molecule has 24 heavy (non-hydrogen) atoms. The van der Waals surface area contributed by atoms with Crippen LogP contribution >= 0.6 is 57.4 Å². The van der Waals surface area contributed by atoms with Gasteiger partial charge in [-0.05, 0) is 65.9 Å². The summed E-state index contributed by atoms with van der Waals surface area (Å²) in [7, 11) is 0. The highest BCUT2D eigenvalue weighted by atomic mass is 127. The lowest BCUT2D eigenvalue weighted by molar-refractivity contribution is -0.123. The molecule has 0 bridgehead atoms. The number of ether oxygens (including phenoxy) is 1. The number of carbonyl (C=O) groups excluding carboxylic acids is 2. The SMILES string of the molecule is C[C@@H](OC(=O)c1ccc(I)cc1)C(=O)Nc1cc(Cl)c(Cl)cc1Cl. The first-order valence-corrected chi connectivity index (χ1v) is 8.91. The normalized spacial score (nSPS) is 11.7. The van der Waals surface area contributed by atoms with Crippen LogP contribution in [0.2, 0.25) is 15.1 Å². The van der Waals surface area contributed by atoms with Gasteiger partial charge in [-0.2, -0.15) is 0 Å². The van der Waals surface area contributed by atoms with E-state index >= 15 is 0 Å². The Balaban J connectivity index is 2.03. The molecule has 0 aliphatic carbocycles. The minimum atomic E-state index is -1.01. The fraction of sp³-hybridized carbons (Fsp3) is 0.125. The summed E-state index contributed by atoms with van der Waals surface area (Å²) in [5.74, 6) is -1.12. The second kappa shape index (κ2) is 8.38. The predicted molar refractivity (Wildman–Crippen MR) is 104 cm³/mol. The zero-order chi connectivity index (χ0) is 17.9. The first-order chi connectivity index (χ1) is 11.3. The van der Waals surface area contributed by atoms with Gasteiger partial charge in [-0.1, -0.05) is 34.8 Å². The van der Waals surface area contributed by atoms with Crippen molar-refractivity contribution in [2.45, 2.75) is 13.0 Å². The van der Waals surface area contributed by atoms with Crippen molar-refractivity contribution in [2.24, 2.45) is 0 Å². The smallest absolute Gasteiger partial charge is 0.338 e. The molecule has 2 aromatic rings.